The van der Waals surface area contributed by atoms with Gasteiger partial charge < -0.3 is 18.6 Å². The highest BCUT2D eigenvalue weighted by atomic mass is 16.5. The van der Waals surface area contributed by atoms with Gasteiger partial charge in [-0.25, -0.2) is 4.79 Å². The van der Waals surface area contributed by atoms with Crippen molar-refractivity contribution in [1.82, 2.24) is 9.47 Å². The van der Waals surface area contributed by atoms with Crippen LogP contribution >= 0.6 is 0 Å². The maximum Gasteiger partial charge on any atom is 0.339 e. The van der Waals surface area contributed by atoms with Crippen LogP contribution in [0.25, 0.3) is 11.0 Å². The third-order valence-corrected chi connectivity index (χ3v) is 6.56. The molecule has 4 aromatic rings. The maximum absolute atomic E-state index is 13.4. The fourth-order valence-electron chi connectivity index (χ4n) is 4.80. The smallest absolute Gasteiger partial charge is 0.339 e. The summed E-state index contributed by atoms with van der Waals surface area (Å²) in [4.78, 5) is 28.1. The van der Waals surface area contributed by atoms with Crippen LogP contribution in [0.4, 0.5) is 0 Å². The van der Waals surface area contributed by atoms with E-state index in [1.807, 2.05) is 48.2 Å². The Morgan fingerprint density at radius 2 is 1.91 bits per heavy atom. The second kappa shape index (κ2) is 8.62. The number of aryl methyl sites for hydroxylation is 1. The number of amides is 1. The number of ether oxygens (including phenoxy) is 1. The minimum Gasteiger partial charge on any atom is -0.497 e. The molecule has 1 atom stereocenters. The Morgan fingerprint density at radius 1 is 1.09 bits per heavy atom. The number of hydrogen-bond donors (Lipinski definition) is 0. The van der Waals surface area contributed by atoms with Gasteiger partial charge in [-0.05, 0) is 48.7 Å². The lowest BCUT2D eigenvalue weighted by molar-refractivity contribution is -0.133. The van der Waals surface area contributed by atoms with Gasteiger partial charge in [-0.15, -0.1) is 0 Å². The predicted molar refractivity (Wildman–Crippen MR) is 127 cm³/mol. The van der Waals surface area contributed by atoms with E-state index in [0.29, 0.717) is 29.9 Å². The quantitative estimate of drug-likeness (QED) is 0.428. The molecule has 0 spiro atoms. The molecule has 1 unspecified atom stereocenters. The van der Waals surface area contributed by atoms with Gasteiger partial charge in [-0.3, -0.25) is 4.79 Å². The van der Waals surface area contributed by atoms with Gasteiger partial charge in [0.1, 0.15) is 11.3 Å². The predicted octanol–water partition coefficient (Wildman–Crippen LogP) is 4.48. The molecule has 0 N–H and O–H groups in total. The number of methoxy groups -OCH3 is 1. The largest absolute Gasteiger partial charge is 0.497 e. The Labute approximate surface area is 192 Å². The average molecular weight is 443 g/mol. The van der Waals surface area contributed by atoms with Crippen LogP contribution in [-0.4, -0.2) is 29.0 Å². The van der Waals surface area contributed by atoms with E-state index in [1.54, 1.807) is 13.2 Å². The summed E-state index contributed by atoms with van der Waals surface area (Å²) in [7, 11) is 1.58. The first-order chi connectivity index (χ1) is 16.1. The molecular formula is C27H26N2O4. The van der Waals surface area contributed by atoms with E-state index in [-0.39, 0.29) is 18.4 Å². The number of fused-ring (bicyclic) bond motifs is 2. The summed E-state index contributed by atoms with van der Waals surface area (Å²) in [6.07, 6.45) is 2.65. The molecular weight excluding hydrogens is 416 g/mol. The number of benzene rings is 2. The van der Waals surface area contributed by atoms with Crippen molar-refractivity contribution >= 4 is 16.9 Å². The minimum absolute atomic E-state index is 0.0323. The molecule has 168 valence electrons. The topological polar surface area (TPSA) is 64.7 Å². The maximum atomic E-state index is 13.4. The Balaban J connectivity index is 1.42. The summed E-state index contributed by atoms with van der Waals surface area (Å²) in [5.41, 5.74) is 3.69. The van der Waals surface area contributed by atoms with Gasteiger partial charge in [0.15, 0.2) is 0 Å². The van der Waals surface area contributed by atoms with E-state index < -0.39 is 5.63 Å². The summed E-state index contributed by atoms with van der Waals surface area (Å²) in [6.45, 7) is 3.30. The van der Waals surface area contributed by atoms with Crippen molar-refractivity contribution in [3.63, 3.8) is 0 Å². The van der Waals surface area contributed by atoms with Crippen molar-refractivity contribution in [2.24, 2.45) is 0 Å². The summed E-state index contributed by atoms with van der Waals surface area (Å²) in [5, 5.41) is 0.857. The fraction of sp³-hybridized carbons (Fsp3) is 0.259. The highest BCUT2D eigenvalue weighted by Crippen LogP contribution is 2.33. The van der Waals surface area contributed by atoms with Crippen molar-refractivity contribution in [2.45, 2.75) is 32.4 Å². The van der Waals surface area contributed by atoms with Crippen LogP contribution in [0.5, 0.6) is 5.75 Å². The van der Waals surface area contributed by atoms with Crippen molar-refractivity contribution in [2.75, 3.05) is 13.7 Å². The van der Waals surface area contributed by atoms with Crippen LogP contribution in [0.1, 0.15) is 34.8 Å². The van der Waals surface area contributed by atoms with Crippen LogP contribution in [0.3, 0.4) is 0 Å². The van der Waals surface area contributed by atoms with Gasteiger partial charge in [-0.1, -0.05) is 30.3 Å². The first-order valence-corrected chi connectivity index (χ1v) is 11.2. The zero-order valence-electron chi connectivity index (χ0n) is 18.8. The second-order valence-electron chi connectivity index (χ2n) is 8.38. The first kappa shape index (κ1) is 21.1. The van der Waals surface area contributed by atoms with E-state index in [9.17, 15) is 9.59 Å². The Bertz CT molecular complexity index is 1370. The van der Waals surface area contributed by atoms with Gasteiger partial charge in [-0.2, -0.15) is 0 Å². The monoisotopic (exact) mass is 442 g/mol. The van der Waals surface area contributed by atoms with Crippen molar-refractivity contribution in [3.8, 4) is 5.75 Å². The molecule has 0 bridgehead atoms. The molecule has 6 nitrogen and oxygen atoms in total. The van der Waals surface area contributed by atoms with Gasteiger partial charge in [0.2, 0.25) is 5.91 Å². The second-order valence-corrected chi connectivity index (χ2v) is 8.38. The number of rotatable bonds is 5. The number of carbonyl (C=O) groups excluding carboxylic acids is 1. The third-order valence-electron chi connectivity index (χ3n) is 6.56. The van der Waals surface area contributed by atoms with Crippen LogP contribution in [0, 0.1) is 6.92 Å². The lowest BCUT2D eigenvalue weighted by atomic mass is 9.98. The van der Waals surface area contributed by atoms with Gasteiger partial charge in [0.05, 0.1) is 13.2 Å². The number of hydrogen-bond acceptors (Lipinski definition) is 4. The number of carbonyl (C=O) groups is 1. The van der Waals surface area contributed by atoms with Gasteiger partial charge >= 0.3 is 5.63 Å². The lowest BCUT2D eigenvalue weighted by Crippen LogP contribution is -2.42. The minimum atomic E-state index is -0.395. The Morgan fingerprint density at radius 3 is 2.70 bits per heavy atom. The first-order valence-electron chi connectivity index (χ1n) is 11.2. The van der Waals surface area contributed by atoms with Crippen LogP contribution in [-0.2, 0) is 17.8 Å². The van der Waals surface area contributed by atoms with E-state index in [0.717, 1.165) is 28.8 Å². The van der Waals surface area contributed by atoms with E-state index >= 15 is 0 Å². The summed E-state index contributed by atoms with van der Waals surface area (Å²) < 4.78 is 13.0. The van der Waals surface area contributed by atoms with Gasteiger partial charge in [0, 0.05) is 48.4 Å². The van der Waals surface area contributed by atoms with Crippen molar-refractivity contribution < 1.29 is 13.9 Å². The van der Waals surface area contributed by atoms with Crippen molar-refractivity contribution in [1.29, 1.82) is 0 Å². The third kappa shape index (κ3) is 3.82. The Kier molecular flexibility index (Phi) is 5.50. The summed E-state index contributed by atoms with van der Waals surface area (Å²) in [6, 6.07) is 19.5. The molecule has 1 amide bonds. The van der Waals surface area contributed by atoms with E-state index in [1.165, 1.54) is 0 Å². The molecule has 6 heteroatoms. The van der Waals surface area contributed by atoms with E-state index in [4.69, 9.17) is 9.15 Å². The molecule has 0 saturated carbocycles. The summed E-state index contributed by atoms with van der Waals surface area (Å²) >= 11 is 0. The molecule has 33 heavy (non-hydrogen) atoms. The molecule has 1 aliphatic heterocycles. The normalized spacial score (nSPS) is 15.5. The molecule has 2 aromatic carbocycles. The highest BCUT2D eigenvalue weighted by molar-refractivity contribution is 5.83. The molecule has 5 rings (SSSR count). The molecule has 0 saturated heterocycles. The van der Waals surface area contributed by atoms with Crippen LogP contribution in [0.15, 0.2) is 76.1 Å². The summed E-state index contributed by atoms with van der Waals surface area (Å²) in [5.74, 6) is 0.666. The molecule has 2 aromatic heterocycles. The molecule has 1 aliphatic rings. The van der Waals surface area contributed by atoms with Crippen LogP contribution in [0.2, 0.25) is 0 Å². The average Bonchev–Trinajstić information content (AvgIpc) is 3.32. The molecule has 0 radical (unpaired) electrons. The zero-order valence-corrected chi connectivity index (χ0v) is 18.8. The van der Waals surface area contributed by atoms with Crippen molar-refractivity contribution in [3.05, 3.63) is 99.7 Å². The number of nitrogens with zero attached hydrogens (tertiary/aromatic N) is 2. The highest BCUT2D eigenvalue weighted by Gasteiger charge is 2.32. The molecule has 0 aliphatic carbocycles. The lowest BCUT2D eigenvalue weighted by Gasteiger charge is -2.37. The fourth-order valence-corrected chi connectivity index (χ4v) is 4.80. The standard InChI is InChI=1S/C27H26N2O4/c1-18-21-11-10-20(32-2)17-24(21)33-27(31)22(18)12-13-25(30)29-16-15-28-14-6-9-23(28)26(29)19-7-4-3-5-8-19/h3-11,14,17,26H,12-13,15-16H2,1-2H3. The molecule has 3 heterocycles. The zero-order chi connectivity index (χ0) is 22.9. The van der Waals surface area contributed by atoms with Crippen LogP contribution < -0.4 is 10.4 Å². The Hall–Kier alpha value is -3.80. The number of aromatic nitrogens is 1. The molecule has 0 fully saturated rings. The van der Waals surface area contributed by atoms with Gasteiger partial charge in [0.25, 0.3) is 0 Å². The SMILES string of the molecule is COc1ccc2c(C)c(CCC(=O)N3CCn4cccc4C3c3ccccc3)c(=O)oc2c1. The van der Waals surface area contributed by atoms with E-state index in [2.05, 4.69) is 29.0 Å².